The van der Waals surface area contributed by atoms with Crippen LogP contribution in [0.1, 0.15) is 12.8 Å². The molecule has 1 unspecified atom stereocenters. The van der Waals surface area contributed by atoms with Crippen molar-refractivity contribution in [3.8, 4) is 0 Å². The number of rotatable bonds is 2. The normalized spacial score (nSPS) is 23.9. The van der Waals surface area contributed by atoms with Crippen LogP contribution in [0.5, 0.6) is 0 Å². The zero-order valence-electron chi connectivity index (χ0n) is 8.82. The summed E-state index contributed by atoms with van der Waals surface area (Å²) in [5, 5.41) is 3.12. The Hall–Kier alpha value is -1.10. The average Bonchev–Trinajstić information content (AvgIpc) is 2.20. The maximum absolute atomic E-state index is 12.7. The highest BCUT2D eigenvalue weighted by atomic mass is 32.2. The fourth-order valence-electron chi connectivity index (χ4n) is 1.92. The molecule has 0 saturated carbocycles. The SMILES string of the molecule is O=S1(=O)CCCC(Nc2ccc(F)cc2)C1. The quantitative estimate of drug-likeness (QED) is 0.861. The van der Waals surface area contributed by atoms with Crippen LogP contribution in [0.3, 0.4) is 0 Å². The lowest BCUT2D eigenvalue weighted by molar-refractivity contribution is 0.562. The van der Waals surface area contributed by atoms with Gasteiger partial charge in [-0.2, -0.15) is 0 Å². The summed E-state index contributed by atoms with van der Waals surface area (Å²) in [7, 11) is -2.90. The topological polar surface area (TPSA) is 46.2 Å². The first-order chi connectivity index (χ1) is 7.55. The lowest BCUT2D eigenvalue weighted by atomic mass is 10.1. The molecular formula is C11H14FNO2S. The Bertz CT molecular complexity index is 455. The van der Waals surface area contributed by atoms with Crippen molar-refractivity contribution in [1.29, 1.82) is 0 Å². The molecule has 5 heteroatoms. The van der Waals surface area contributed by atoms with Gasteiger partial charge in [-0.3, -0.25) is 0 Å². The highest BCUT2D eigenvalue weighted by Gasteiger charge is 2.24. The molecule has 1 saturated heterocycles. The summed E-state index contributed by atoms with van der Waals surface area (Å²) >= 11 is 0. The van der Waals surface area contributed by atoms with Crippen molar-refractivity contribution >= 4 is 15.5 Å². The third kappa shape index (κ3) is 2.95. The predicted octanol–water partition coefficient (Wildman–Crippen LogP) is 1.81. The van der Waals surface area contributed by atoms with Gasteiger partial charge in [0.2, 0.25) is 0 Å². The second-order valence-electron chi connectivity index (χ2n) is 4.10. The minimum absolute atomic E-state index is 0.0517. The van der Waals surface area contributed by atoms with Crippen molar-refractivity contribution in [2.24, 2.45) is 0 Å². The van der Waals surface area contributed by atoms with Gasteiger partial charge in [-0.15, -0.1) is 0 Å². The smallest absolute Gasteiger partial charge is 0.152 e. The minimum atomic E-state index is -2.90. The van der Waals surface area contributed by atoms with Gasteiger partial charge in [0.1, 0.15) is 5.82 Å². The van der Waals surface area contributed by atoms with Gasteiger partial charge >= 0.3 is 0 Å². The molecule has 1 atom stereocenters. The fraction of sp³-hybridized carbons (Fsp3) is 0.455. The van der Waals surface area contributed by atoms with E-state index >= 15 is 0 Å². The van der Waals surface area contributed by atoms with E-state index in [1.165, 1.54) is 12.1 Å². The number of halogens is 1. The molecule has 0 aliphatic carbocycles. The highest BCUT2D eigenvalue weighted by Crippen LogP contribution is 2.17. The summed E-state index contributed by atoms with van der Waals surface area (Å²) in [4.78, 5) is 0. The van der Waals surface area contributed by atoms with E-state index in [0.29, 0.717) is 6.42 Å². The molecule has 1 aliphatic rings. The first-order valence-corrected chi connectivity index (χ1v) is 7.10. The molecule has 1 N–H and O–H groups in total. The number of hydrogen-bond donors (Lipinski definition) is 1. The third-order valence-corrected chi connectivity index (χ3v) is 4.50. The second-order valence-corrected chi connectivity index (χ2v) is 6.33. The molecule has 16 heavy (non-hydrogen) atoms. The molecule has 1 fully saturated rings. The summed E-state index contributed by atoms with van der Waals surface area (Å²) in [6.07, 6.45) is 1.54. The maximum Gasteiger partial charge on any atom is 0.152 e. The van der Waals surface area contributed by atoms with Gasteiger partial charge in [-0.1, -0.05) is 0 Å². The first kappa shape index (κ1) is 11.4. The summed E-state index contributed by atoms with van der Waals surface area (Å²) in [5.74, 6) is 0.167. The molecule has 1 heterocycles. The molecule has 0 aromatic heterocycles. The van der Waals surface area contributed by atoms with E-state index in [-0.39, 0.29) is 23.4 Å². The predicted molar refractivity (Wildman–Crippen MR) is 61.7 cm³/mol. The summed E-state index contributed by atoms with van der Waals surface area (Å²) in [6, 6.07) is 5.91. The van der Waals surface area contributed by atoms with Crippen molar-refractivity contribution in [1.82, 2.24) is 0 Å². The van der Waals surface area contributed by atoms with E-state index < -0.39 is 9.84 Å². The molecule has 1 aromatic rings. The minimum Gasteiger partial charge on any atom is -0.381 e. The van der Waals surface area contributed by atoms with Gasteiger partial charge in [-0.25, -0.2) is 12.8 Å². The van der Waals surface area contributed by atoms with Crippen LogP contribution in [0.15, 0.2) is 24.3 Å². The Morgan fingerprint density at radius 2 is 1.94 bits per heavy atom. The van der Waals surface area contributed by atoms with Crippen LogP contribution in [0, 0.1) is 5.82 Å². The summed E-state index contributed by atoms with van der Waals surface area (Å²) in [6.45, 7) is 0. The Balaban J connectivity index is 2.02. The van der Waals surface area contributed by atoms with E-state index in [0.717, 1.165) is 12.1 Å². The van der Waals surface area contributed by atoms with Gasteiger partial charge in [0.15, 0.2) is 9.84 Å². The van der Waals surface area contributed by atoms with Crippen molar-refractivity contribution in [2.45, 2.75) is 18.9 Å². The van der Waals surface area contributed by atoms with Crippen LogP contribution in [-0.4, -0.2) is 26.0 Å². The molecule has 0 bridgehead atoms. The van der Waals surface area contributed by atoms with Crippen LogP contribution < -0.4 is 5.32 Å². The van der Waals surface area contributed by atoms with Crippen LogP contribution in [-0.2, 0) is 9.84 Å². The number of nitrogens with one attached hydrogen (secondary N) is 1. The van der Waals surface area contributed by atoms with Crippen LogP contribution >= 0.6 is 0 Å². The van der Waals surface area contributed by atoms with E-state index in [1.807, 2.05) is 0 Å². The Morgan fingerprint density at radius 1 is 1.25 bits per heavy atom. The summed E-state index contributed by atoms with van der Waals surface area (Å²) in [5.41, 5.74) is 0.767. The number of benzene rings is 1. The third-order valence-electron chi connectivity index (χ3n) is 2.68. The molecule has 1 aromatic carbocycles. The standard InChI is InChI=1S/C11H14FNO2S/c12-9-3-5-10(6-4-9)13-11-2-1-7-16(14,15)8-11/h3-6,11,13H,1-2,7-8H2. The van der Waals surface area contributed by atoms with Crippen molar-refractivity contribution < 1.29 is 12.8 Å². The van der Waals surface area contributed by atoms with Gasteiger partial charge < -0.3 is 5.32 Å². The largest absolute Gasteiger partial charge is 0.381 e. The molecular weight excluding hydrogens is 229 g/mol. The zero-order chi connectivity index (χ0) is 11.6. The zero-order valence-corrected chi connectivity index (χ0v) is 9.63. The second kappa shape index (κ2) is 4.41. The number of hydrogen-bond acceptors (Lipinski definition) is 3. The van der Waals surface area contributed by atoms with Gasteiger partial charge in [0.05, 0.1) is 11.5 Å². The van der Waals surface area contributed by atoms with E-state index in [4.69, 9.17) is 0 Å². The Kier molecular flexibility index (Phi) is 3.14. The first-order valence-electron chi connectivity index (χ1n) is 5.28. The highest BCUT2D eigenvalue weighted by molar-refractivity contribution is 7.91. The molecule has 1 aliphatic heterocycles. The van der Waals surface area contributed by atoms with Crippen LogP contribution in [0.2, 0.25) is 0 Å². The van der Waals surface area contributed by atoms with Crippen molar-refractivity contribution in [3.63, 3.8) is 0 Å². The molecule has 3 nitrogen and oxygen atoms in total. The monoisotopic (exact) mass is 243 g/mol. The number of anilines is 1. The lowest BCUT2D eigenvalue weighted by Gasteiger charge is -2.23. The number of sulfone groups is 1. The molecule has 0 amide bonds. The van der Waals surface area contributed by atoms with Gasteiger partial charge in [0.25, 0.3) is 0 Å². The average molecular weight is 243 g/mol. The van der Waals surface area contributed by atoms with Crippen LogP contribution in [0.25, 0.3) is 0 Å². The molecule has 0 radical (unpaired) electrons. The van der Waals surface area contributed by atoms with Gasteiger partial charge in [0, 0.05) is 11.7 Å². The Labute approximate surface area is 94.6 Å². The van der Waals surface area contributed by atoms with Crippen molar-refractivity contribution in [2.75, 3.05) is 16.8 Å². The molecule has 88 valence electrons. The molecule has 2 rings (SSSR count). The van der Waals surface area contributed by atoms with Crippen molar-refractivity contribution in [3.05, 3.63) is 30.1 Å². The lowest BCUT2D eigenvalue weighted by Crippen LogP contribution is -2.34. The Morgan fingerprint density at radius 3 is 2.56 bits per heavy atom. The fourth-order valence-corrected chi connectivity index (χ4v) is 3.55. The summed E-state index contributed by atoms with van der Waals surface area (Å²) < 4.78 is 35.5. The maximum atomic E-state index is 12.7. The van der Waals surface area contributed by atoms with E-state index in [2.05, 4.69) is 5.32 Å². The van der Waals surface area contributed by atoms with E-state index in [9.17, 15) is 12.8 Å². The van der Waals surface area contributed by atoms with Gasteiger partial charge in [-0.05, 0) is 37.1 Å². The van der Waals surface area contributed by atoms with Crippen LogP contribution in [0.4, 0.5) is 10.1 Å². The molecule has 0 spiro atoms. The van der Waals surface area contributed by atoms with E-state index in [1.54, 1.807) is 12.1 Å².